The summed E-state index contributed by atoms with van der Waals surface area (Å²) in [7, 11) is 2.01. The number of aryl methyl sites for hydroxylation is 1. The van der Waals surface area contributed by atoms with E-state index in [1.165, 1.54) is 17.5 Å². The number of nitrogens with zero attached hydrogens (tertiary/aromatic N) is 4. The number of rotatable bonds is 7. The van der Waals surface area contributed by atoms with Crippen LogP contribution in [0.25, 0.3) is 0 Å². The van der Waals surface area contributed by atoms with Crippen molar-refractivity contribution in [2.75, 3.05) is 11.1 Å². The average molecular weight is 390 g/mol. The van der Waals surface area contributed by atoms with Crippen LogP contribution in [0.1, 0.15) is 18.4 Å². The number of carbonyl (C=O) groups is 1. The molecule has 8 heteroatoms. The van der Waals surface area contributed by atoms with E-state index in [9.17, 15) is 4.79 Å². The number of anilines is 1. The Labute approximate surface area is 161 Å². The molecule has 1 amide bonds. The third-order valence-electron chi connectivity index (χ3n) is 3.96. The van der Waals surface area contributed by atoms with Crippen molar-refractivity contribution in [3.05, 3.63) is 59.1 Å². The summed E-state index contributed by atoms with van der Waals surface area (Å²) in [6.45, 7) is 2.81. The van der Waals surface area contributed by atoms with Gasteiger partial charge in [0.1, 0.15) is 5.82 Å². The molecule has 1 N–H and O–H groups in total. The van der Waals surface area contributed by atoms with Crippen LogP contribution in [0.2, 0.25) is 5.02 Å². The van der Waals surface area contributed by atoms with Gasteiger partial charge in [0.25, 0.3) is 0 Å². The average Bonchev–Trinajstić information content (AvgIpc) is 3.21. The highest BCUT2D eigenvalue weighted by Crippen LogP contribution is 2.20. The van der Waals surface area contributed by atoms with E-state index in [4.69, 9.17) is 11.6 Å². The Kier molecular flexibility index (Phi) is 6.00. The molecule has 136 valence electrons. The van der Waals surface area contributed by atoms with Gasteiger partial charge in [-0.1, -0.05) is 23.4 Å². The van der Waals surface area contributed by atoms with Gasteiger partial charge in [0.05, 0.1) is 5.75 Å². The van der Waals surface area contributed by atoms with E-state index in [1.54, 1.807) is 24.3 Å². The minimum absolute atomic E-state index is 0.0908. The Morgan fingerprint density at radius 2 is 2.00 bits per heavy atom. The molecule has 0 bridgehead atoms. The minimum Gasteiger partial charge on any atom is -0.354 e. The van der Waals surface area contributed by atoms with Crippen molar-refractivity contribution in [1.82, 2.24) is 19.3 Å². The molecule has 1 aromatic carbocycles. The smallest absolute Gasteiger partial charge is 0.234 e. The highest BCUT2D eigenvalue weighted by atomic mass is 35.5. The highest BCUT2D eigenvalue weighted by Gasteiger charge is 2.14. The minimum atomic E-state index is -0.0908. The number of thioether (sulfide) groups is 1. The second-order valence-corrected chi connectivity index (χ2v) is 7.15. The van der Waals surface area contributed by atoms with Crippen LogP contribution < -0.4 is 5.32 Å². The zero-order valence-corrected chi connectivity index (χ0v) is 16.2. The Morgan fingerprint density at radius 3 is 2.65 bits per heavy atom. The number of halogens is 1. The zero-order chi connectivity index (χ0) is 18.5. The number of hydrogen-bond acceptors (Lipinski definition) is 4. The fraction of sp³-hybridized carbons (Fsp3) is 0.278. The van der Waals surface area contributed by atoms with Gasteiger partial charge in [-0.05, 0) is 43.3 Å². The van der Waals surface area contributed by atoms with Gasteiger partial charge in [-0.15, -0.1) is 10.2 Å². The maximum Gasteiger partial charge on any atom is 0.234 e. The topological polar surface area (TPSA) is 64.7 Å². The van der Waals surface area contributed by atoms with Gasteiger partial charge in [0.2, 0.25) is 5.91 Å². The van der Waals surface area contributed by atoms with E-state index in [2.05, 4.69) is 33.1 Å². The molecular formula is C18H20ClN5OS. The molecule has 0 spiro atoms. The molecule has 6 nitrogen and oxygen atoms in total. The van der Waals surface area contributed by atoms with E-state index >= 15 is 0 Å². The van der Waals surface area contributed by atoms with Gasteiger partial charge in [-0.3, -0.25) is 4.79 Å². The van der Waals surface area contributed by atoms with E-state index in [0.717, 1.165) is 23.2 Å². The lowest BCUT2D eigenvalue weighted by atomic mass is 10.3. The van der Waals surface area contributed by atoms with Crippen molar-refractivity contribution in [3.8, 4) is 0 Å². The molecule has 26 heavy (non-hydrogen) atoms. The standard InChI is InChI=1S/C18H20ClN5OS/c1-3-24-16(11-15-5-4-10-23(15)2)21-22-18(24)26-12-17(25)20-14-8-6-13(19)7-9-14/h4-10H,3,11-12H2,1-2H3,(H,20,25). The molecule has 2 aromatic heterocycles. The van der Waals surface area contributed by atoms with Gasteiger partial charge in [0, 0.05) is 42.6 Å². The molecule has 0 atom stereocenters. The van der Waals surface area contributed by atoms with Crippen LogP contribution in [-0.4, -0.2) is 31.0 Å². The monoisotopic (exact) mass is 389 g/mol. The quantitative estimate of drug-likeness (QED) is 0.627. The van der Waals surface area contributed by atoms with Crippen molar-refractivity contribution in [3.63, 3.8) is 0 Å². The fourth-order valence-corrected chi connectivity index (χ4v) is 3.52. The summed E-state index contributed by atoms with van der Waals surface area (Å²) >= 11 is 7.23. The maximum absolute atomic E-state index is 12.2. The van der Waals surface area contributed by atoms with E-state index in [-0.39, 0.29) is 11.7 Å². The molecule has 0 saturated heterocycles. The van der Waals surface area contributed by atoms with Gasteiger partial charge in [0.15, 0.2) is 5.16 Å². The molecule has 0 aliphatic carbocycles. The van der Waals surface area contributed by atoms with Crippen molar-refractivity contribution in [1.29, 1.82) is 0 Å². The van der Waals surface area contributed by atoms with Crippen molar-refractivity contribution in [2.45, 2.75) is 25.0 Å². The first-order chi connectivity index (χ1) is 12.6. The molecule has 3 aromatic rings. The first kappa shape index (κ1) is 18.5. The van der Waals surface area contributed by atoms with Crippen LogP contribution in [0.3, 0.4) is 0 Å². The lowest BCUT2D eigenvalue weighted by Gasteiger charge is -2.08. The largest absolute Gasteiger partial charge is 0.354 e. The number of benzene rings is 1. The van der Waals surface area contributed by atoms with Gasteiger partial charge in [-0.2, -0.15) is 0 Å². The van der Waals surface area contributed by atoms with E-state index < -0.39 is 0 Å². The molecule has 0 aliphatic rings. The predicted octanol–water partition coefficient (Wildman–Crippen LogP) is 3.61. The van der Waals surface area contributed by atoms with Crippen LogP contribution >= 0.6 is 23.4 Å². The Bertz CT molecular complexity index is 887. The second-order valence-electron chi connectivity index (χ2n) is 5.77. The lowest BCUT2D eigenvalue weighted by Crippen LogP contribution is -2.14. The van der Waals surface area contributed by atoms with Crippen LogP contribution in [0.4, 0.5) is 5.69 Å². The Morgan fingerprint density at radius 1 is 1.23 bits per heavy atom. The third kappa shape index (κ3) is 4.47. The van der Waals surface area contributed by atoms with Crippen LogP contribution in [-0.2, 0) is 24.8 Å². The number of aromatic nitrogens is 4. The van der Waals surface area contributed by atoms with Crippen LogP contribution in [0.5, 0.6) is 0 Å². The number of nitrogens with one attached hydrogen (secondary N) is 1. The number of amides is 1. The SMILES string of the molecule is CCn1c(Cc2cccn2C)nnc1SCC(=O)Nc1ccc(Cl)cc1. The van der Waals surface area contributed by atoms with Gasteiger partial charge < -0.3 is 14.5 Å². The number of hydrogen-bond donors (Lipinski definition) is 1. The van der Waals surface area contributed by atoms with Gasteiger partial charge in [-0.25, -0.2) is 0 Å². The molecule has 0 radical (unpaired) electrons. The predicted molar refractivity (Wildman–Crippen MR) is 105 cm³/mol. The molecule has 0 saturated carbocycles. The molecule has 0 fully saturated rings. The summed E-state index contributed by atoms with van der Waals surface area (Å²) in [4.78, 5) is 12.2. The summed E-state index contributed by atoms with van der Waals surface area (Å²) in [5.74, 6) is 1.08. The third-order valence-corrected chi connectivity index (χ3v) is 5.18. The van der Waals surface area contributed by atoms with Crippen molar-refractivity contribution in [2.24, 2.45) is 7.05 Å². The molecule has 3 rings (SSSR count). The van der Waals surface area contributed by atoms with Crippen molar-refractivity contribution >= 4 is 35.0 Å². The molecular weight excluding hydrogens is 370 g/mol. The zero-order valence-electron chi connectivity index (χ0n) is 14.6. The first-order valence-electron chi connectivity index (χ1n) is 8.27. The Balaban J connectivity index is 1.61. The Hall–Kier alpha value is -2.25. The van der Waals surface area contributed by atoms with Crippen LogP contribution in [0.15, 0.2) is 47.8 Å². The molecule has 2 heterocycles. The number of carbonyl (C=O) groups excluding carboxylic acids is 1. The maximum atomic E-state index is 12.2. The molecule has 0 aliphatic heterocycles. The second kappa shape index (κ2) is 8.42. The highest BCUT2D eigenvalue weighted by molar-refractivity contribution is 7.99. The molecule has 0 unspecified atom stereocenters. The summed E-state index contributed by atoms with van der Waals surface area (Å²) in [5, 5.41) is 12.8. The first-order valence-corrected chi connectivity index (χ1v) is 9.63. The normalized spacial score (nSPS) is 10.9. The van der Waals surface area contributed by atoms with E-state index in [1.807, 2.05) is 23.9 Å². The fourth-order valence-electron chi connectivity index (χ4n) is 2.58. The lowest BCUT2D eigenvalue weighted by molar-refractivity contribution is -0.113. The summed E-state index contributed by atoms with van der Waals surface area (Å²) < 4.78 is 4.12. The van der Waals surface area contributed by atoms with Gasteiger partial charge >= 0.3 is 0 Å². The van der Waals surface area contributed by atoms with Crippen molar-refractivity contribution < 1.29 is 4.79 Å². The van der Waals surface area contributed by atoms with E-state index in [0.29, 0.717) is 11.4 Å². The summed E-state index contributed by atoms with van der Waals surface area (Å²) in [5.41, 5.74) is 1.89. The summed E-state index contributed by atoms with van der Waals surface area (Å²) in [6, 6.07) is 11.1. The van der Waals surface area contributed by atoms with Crippen LogP contribution in [0, 0.1) is 0 Å². The summed E-state index contributed by atoms with van der Waals surface area (Å²) in [6.07, 6.45) is 2.72.